The van der Waals surface area contributed by atoms with E-state index >= 15 is 0 Å². The average molecular weight is 304 g/mol. The number of carbonyl (C=O) groups excluding carboxylic acids is 1. The normalized spacial score (nSPS) is 14.3. The average Bonchev–Trinajstić information content (AvgIpc) is 2.32. The summed E-state index contributed by atoms with van der Waals surface area (Å²) in [7, 11) is 0. The van der Waals surface area contributed by atoms with Crippen molar-refractivity contribution in [2.75, 3.05) is 0 Å². The fraction of sp³-hybridized carbons (Fsp3) is 0.500. The Morgan fingerprint density at radius 2 is 1.95 bits per heavy atom. The summed E-state index contributed by atoms with van der Waals surface area (Å²) in [4.78, 5) is 11.8. The number of benzene rings is 1. The number of aliphatic hydroxyl groups excluding tert-OH is 1. The Balaban J connectivity index is 2.67. The molecule has 0 radical (unpaired) electrons. The molecule has 2 N–H and O–H groups in total. The zero-order chi connectivity index (χ0) is 14.6. The molecule has 3 nitrogen and oxygen atoms in total. The van der Waals surface area contributed by atoms with Crippen LogP contribution in [-0.2, 0) is 4.79 Å². The number of hydrogen-bond acceptors (Lipinski definition) is 2. The molecule has 0 bridgehead atoms. The first-order valence-corrected chi connectivity index (χ1v) is 6.99. The van der Waals surface area contributed by atoms with Gasteiger partial charge in [-0.2, -0.15) is 0 Å². The van der Waals surface area contributed by atoms with Gasteiger partial charge in [0.1, 0.15) is 0 Å². The van der Waals surface area contributed by atoms with Crippen molar-refractivity contribution in [2.45, 2.75) is 39.3 Å². The van der Waals surface area contributed by atoms with E-state index < -0.39 is 6.10 Å². The van der Waals surface area contributed by atoms with Crippen LogP contribution < -0.4 is 5.32 Å². The van der Waals surface area contributed by atoms with Crippen LogP contribution in [0.1, 0.15) is 38.8 Å². The molecule has 0 saturated carbocycles. The Kier molecular flexibility index (Phi) is 6.11. The van der Waals surface area contributed by atoms with Crippen LogP contribution >= 0.6 is 23.2 Å². The summed E-state index contributed by atoms with van der Waals surface area (Å²) < 4.78 is 0. The molecule has 1 amide bonds. The lowest BCUT2D eigenvalue weighted by Gasteiger charge is -2.19. The summed E-state index contributed by atoms with van der Waals surface area (Å²) in [5.74, 6) is -0.152. The summed E-state index contributed by atoms with van der Waals surface area (Å²) in [6.45, 7) is 5.57. The van der Waals surface area contributed by atoms with Crippen LogP contribution in [0, 0.1) is 5.92 Å². The molecule has 0 heterocycles. The van der Waals surface area contributed by atoms with Crippen LogP contribution in [0.25, 0.3) is 0 Å². The topological polar surface area (TPSA) is 49.3 Å². The second kappa shape index (κ2) is 7.13. The van der Waals surface area contributed by atoms with E-state index in [2.05, 4.69) is 5.32 Å². The van der Waals surface area contributed by atoms with Gasteiger partial charge in [-0.05, 0) is 24.5 Å². The molecule has 106 valence electrons. The van der Waals surface area contributed by atoms with Crippen LogP contribution in [0.5, 0.6) is 0 Å². The molecule has 0 spiro atoms. The van der Waals surface area contributed by atoms with Crippen molar-refractivity contribution in [3.05, 3.63) is 33.8 Å². The maximum Gasteiger partial charge on any atom is 0.223 e. The minimum atomic E-state index is -0.637. The molecule has 1 rings (SSSR count). The van der Waals surface area contributed by atoms with E-state index in [1.807, 2.05) is 26.8 Å². The van der Waals surface area contributed by atoms with Gasteiger partial charge in [-0.3, -0.25) is 4.79 Å². The van der Waals surface area contributed by atoms with Crippen LogP contribution in [0.2, 0.25) is 10.0 Å². The number of halogens is 2. The molecule has 2 unspecified atom stereocenters. The Hall–Kier alpha value is -0.770. The zero-order valence-corrected chi connectivity index (χ0v) is 12.8. The monoisotopic (exact) mass is 303 g/mol. The van der Waals surface area contributed by atoms with Crippen molar-refractivity contribution in [3.63, 3.8) is 0 Å². The highest BCUT2D eigenvalue weighted by Gasteiger charge is 2.18. The molecule has 1 aromatic rings. The first kappa shape index (κ1) is 16.3. The highest BCUT2D eigenvalue weighted by atomic mass is 35.5. The zero-order valence-electron chi connectivity index (χ0n) is 11.3. The number of amides is 1. The van der Waals surface area contributed by atoms with Crippen LogP contribution in [0.3, 0.4) is 0 Å². The van der Waals surface area contributed by atoms with Gasteiger partial charge >= 0.3 is 0 Å². The quantitative estimate of drug-likeness (QED) is 0.873. The van der Waals surface area contributed by atoms with Crippen molar-refractivity contribution in [2.24, 2.45) is 5.92 Å². The predicted octanol–water partition coefficient (Wildman–Crippen LogP) is 3.58. The van der Waals surface area contributed by atoms with Gasteiger partial charge in [-0.15, -0.1) is 0 Å². The molecular formula is C14H19Cl2NO2. The fourth-order valence-corrected chi connectivity index (χ4v) is 2.13. The maximum atomic E-state index is 11.8. The lowest BCUT2D eigenvalue weighted by Crippen LogP contribution is -2.31. The standard InChI is InChI=1S/C14H19Cl2NO2/c1-8(2)12(18)7-13(19)17-9(3)10-5-4-6-11(15)14(10)16/h4-6,8-9,12,18H,7H2,1-3H3,(H,17,19). The molecular weight excluding hydrogens is 285 g/mol. The summed E-state index contributed by atoms with van der Waals surface area (Å²) in [5, 5.41) is 13.4. The summed E-state index contributed by atoms with van der Waals surface area (Å²) in [5.41, 5.74) is 0.765. The van der Waals surface area contributed by atoms with E-state index in [1.165, 1.54) is 0 Å². The number of carbonyl (C=O) groups is 1. The molecule has 0 aromatic heterocycles. The van der Waals surface area contributed by atoms with Crippen molar-refractivity contribution in [1.82, 2.24) is 5.32 Å². The number of rotatable bonds is 5. The second-order valence-corrected chi connectivity index (χ2v) is 5.73. The predicted molar refractivity (Wildman–Crippen MR) is 78.5 cm³/mol. The largest absolute Gasteiger partial charge is 0.392 e. The van der Waals surface area contributed by atoms with Crippen LogP contribution in [0.4, 0.5) is 0 Å². The van der Waals surface area contributed by atoms with Gasteiger partial charge in [0, 0.05) is 0 Å². The molecule has 0 aliphatic carbocycles. The highest BCUT2D eigenvalue weighted by molar-refractivity contribution is 6.42. The minimum Gasteiger partial charge on any atom is -0.392 e. The van der Waals surface area contributed by atoms with Crippen LogP contribution in [-0.4, -0.2) is 17.1 Å². The van der Waals surface area contributed by atoms with Crippen LogP contribution in [0.15, 0.2) is 18.2 Å². The van der Waals surface area contributed by atoms with Crippen molar-refractivity contribution >= 4 is 29.1 Å². The molecule has 2 atom stereocenters. The molecule has 19 heavy (non-hydrogen) atoms. The fourth-order valence-electron chi connectivity index (χ4n) is 1.66. The third-order valence-corrected chi connectivity index (χ3v) is 3.82. The van der Waals surface area contributed by atoms with Gasteiger partial charge in [0.05, 0.1) is 28.6 Å². The van der Waals surface area contributed by atoms with Gasteiger partial charge in [-0.1, -0.05) is 49.2 Å². The number of aliphatic hydroxyl groups is 1. The smallest absolute Gasteiger partial charge is 0.223 e. The lowest BCUT2D eigenvalue weighted by molar-refractivity contribution is -0.124. The van der Waals surface area contributed by atoms with Crippen molar-refractivity contribution < 1.29 is 9.90 Å². The Labute approximate surface area is 123 Å². The van der Waals surface area contributed by atoms with Gasteiger partial charge in [-0.25, -0.2) is 0 Å². The summed E-state index contributed by atoms with van der Waals surface area (Å²) >= 11 is 12.0. The van der Waals surface area contributed by atoms with E-state index in [1.54, 1.807) is 12.1 Å². The van der Waals surface area contributed by atoms with E-state index in [0.29, 0.717) is 10.0 Å². The second-order valence-electron chi connectivity index (χ2n) is 4.95. The summed E-state index contributed by atoms with van der Waals surface area (Å²) in [6, 6.07) is 5.05. The van der Waals surface area contributed by atoms with Crippen molar-refractivity contribution in [3.8, 4) is 0 Å². The SMILES string of the molecule is CC(NC(=O)CC(O)C(C)C)c1cccc(Cl)c1Cl. The Bertz CT molecular complexity index is 449. The molecule has 0 aliphatic rings. The van der Waals surface area contributed by atoms with E-state index in [-0.39, 0.29) is 24.3 Å². The lowest BCUT2D eigenvalue weighted by atomic mass is 10.0. The van der Waals surface area contributed by atoms with E-state index in [9.17, 15) is 9.90 Å². The van der Waals surface area contributed by atoms with Gasteiger partial charge in [0.25, 0.3) is 0 Å². The number of hydrogen-bond donors (Lipinski definition) is 2. The minimum absolute atomic E-state index is 0.0517. The summed E-state index contributed by atoms with van der Waals surface area (Å²) in [6.07, 6.45) is -0.553. The van der Waals surface area contributed by atoms with Gasteiger partial charge in [0.15, 0.2) is 0 Å². The molecule has 0 saturated heterocycles. The third kappa shape index (κ3) is 4.68. The number of nitrogens with one attached hydrogen (secondary N) is 1. The molecule has 0 fully saturated rings. The highest BCUT2D eigenvalue weighted by Crippen LogP contribution is 2.29. The Morgan fingerprint density at radius 3 is 2.53 bits per heavy atom. The Morgan fingerprint density at radius 1 is 1.32 bits per heavy atom. The first-order valence-electron chi connectivity index (χ1n) is 6.24. The maximum absolute atomic E-state index is 11.8. The molecule has 1 aromatic carbocycles. The van der Waals surface area contributed by atoms with Crippen molar-refractivity contribution in [1.29, 1.82) is 0 Å². The van der Waals surface area contributed by atoms with E-state index in [4.69, 9.17) is 23.2 Å². The molecule has 5 heteroatoms. The first-order chi connectivity index (χ1) is 8.82. The van der Waals surface area contributed by atoms with E-state index in [0.717, 1.165) is 5.56 Å². The molecule has 0 aliphatic heterocycles. The third-order valence-electron chi connectivity index (χ3n) is 2.99. The van der Waals surface area contributed by atoms with Gasteiger partial charge < -0.3 is 10.4 Å². The van der Waals surface area contributed by atoms with Gasteiger partial charge in [0.2, 0.25) is 5.91 Å².